The number of hydrogen-bond donors (Lipinski definition) is 1. The maximum atomic E-state index is 4.71. The summed E-state index contributed by atoms with van der Waals surface area (Å²) in [6.45, 7) is 14.2. The van der Waals surface area contributed by atoms with Gasteiger partial charge in [0.2, 0.25) is 0 Å². The lowest BCUT2D eigenvalue weighted by atomic mass is 10.0. The molecule has 1 rings (SSSR count). The fraction of sp³-hybridized carbons (Fsp3) is 0.800. The lowest BCUT2D eigenvalue weighted by Crippen LogP contribution is -2.17. The molecule has 0 aliphatic heterocycles. The number of nitrogens with zero attached hydrogens (tertiary/aromatic N) is 2. The van der Waals surface area contributed by atoms with Crippen LogP contribution in [0, 0.1) is 19.8 Å². The number of aryl methyl sites for hydroxylation is 1. The SMILES string of the molecule is CCNCCc1c(C)nn(CC(CC)CC)c1C. The quantitative estimate of drug-likeness (QED) is 0.720. The minimum atomic E-state index is 0.754. The standard InChI is InChI=1S/C15H29N3/c1-6-14(7-2)11-18-13(5)15(12(4)17-18)9-10-16-8-3/h14,16H,6-11H2,1-5H3. The first-order valence-electron chi connectivity index (χ1n) is 7.37. The molecule has 1 heterocycles. The molecule has 0 bridgehead atoms. The highest BCUT2D eigenvalue weighted by Crippen LogP contribution is 2.17. The first kappa shape index (κ1) is 15.2. The van der Waals surface area contributed by atoms with E-state index in [1.165, 1.54) is 29.8 Å². The molecule has 0 radical (unpaired) electrons. The molecule has 1 aromatic heterocycles. The van der Waals surface area contributed by atoms with Crippen molar-refractivity contribution in [2.75, 3.05) is 13.1 Å². The zero-order valence-corrected chi connectivity index (χ0v) is 12.7. The van der Waals surface area contributed by atoms with Gasteiger partial charge in [0.05, 0.1) is 5.69 Å². The number of hydrogen-bond acceptors (Lipinski definition) is 2. The first-order valence-corrected chi connectivity index (χ1v) is 7.37. The van der Waals surface area contributed by atoms with Crippen molar-refractivity contribution in [1.82, 2.24) is 15.1 Å². The van der Waals surface area contributed by atoms with Gasteiger partial charge in [0.1, 0.15) is 0 Å². The minimum Gasteiger partial charge on any atom is -0.317 e. The zero-order chi connectivity index (χ0) is 13.5. The summed E-state index contributed by atoms with van der Waals surface area (Å²) in [4.78, 5) is 0. The predicted molar refractivity (Wildman–Crippen MR) is 78.0 cm³/mol. The van der Waals surface area contributed by atoms with Crippen molar-refractivity contribution in [3.63, 3.8) is 0 Å². The van der Waals surface area contributed by atoms with Crippen LogP contribution in [0.5, 0.6) is 0 Å². The topological polar surface area (TPSA) is 29.9 Å². The largest absolute Gasteiger partial charge is 0.317 e. The lowest BCUT2D eigenvalue weighted by molar-refractivity contribution is 0.390. The van der Waals surface area contributed by atoms with Gasteiger partial charge in [-0.2, -0.15) is 5.10 Å². The van der Waals surface area contributed by atoms with Crippen LogP contribution in [0.15, 0.2) is 0 Å². The molecule has 0 aromatic carbocycles. The molecule has 0 saturated heterocycles. The van der Waals surface area contributed by atoms with Crippen molar-refractivity contribution >= 4 is 0 Å². The third-order valence-electron chi connectivity index (χ3n) is 3.92. The Kier molecular flexibility index (Phi) is 6.41. The van der Waals surface area contributed by atoms with Crippen molar-refractivity contribution in [3.8, 4) is 0 Å². The summed E-state index contributed by atoms with van der Waals surface area (Å²) < 4.78 is 2.22. The van der Waals surface area contributed by atoms with Gasteiger partial charge in [0.25, 0.3) is 0 Å². The molecule has 0 saturated carbocycles. The molecule has 104 valence electrons. The van der Waals surface area contributed by atoms with Crippen LogP contribution in [0.1, 0.15) is 50.6 Å². The van der Waals surface area contributed by atoms with E-state index in [0.29, 0.717) is 0 Å². The van der Waals surface area contributed by atoms with Crippen LogP contribution in [-0.2, 0) is 13.0 Å². The van der Waals surface area contributed by atoms with E-state index in [1.54, 1.807) is 0 Å². The second-order valence-corrected chi connectivity index (χ2v) is 5.12. The molecule has 1 N–H and O–H groups in total. The van der Waals surface area contributed by atoms with Crippen LogP contribution >= 0.6 is 0 Å². The minimum absolute atomic E-state index is 0.754. The van der Waals surface area contributed by atoms with Crippen LogP contribution in [-0.4, -0.2) is 22.9 Å². The molecule has 0 spiro atoms. The van der Waals surface area contributed by atoms with Crippen LogP contribution in [0.3, 0.4) is 0 Å². The lowest BCUT2D eigenvalue weighted by Gasteiger charge is -2.13. The number of rotatable bonds is 8. The molecule has 0 aliphatic carbocycles. The maximum absolute atomic E-state index is 4.71. The third-order valence-corrected chi connectivity index (χ3v) is 3.92. The number of aromatic nitrogens is 2. The average Bonchev–Trinajstić information content (AvgIpc) is 2.63. The van der Waals surface area contributed by atoms with E-state index in [-0.39, 0.29) is 0 Å². The summed E-state index contributed by atoms with van der Waals surface area (Å²) in [5.41, 5.74) is 4.00. The van der Waals surface area contributed by atoms with Gasteiger partial charge in [-0.25, -0.2) is 0 Å². The van der Waals surface area contributed by atoms with Gasteiger partial charge >= 0.3 is 0 Å². The monoisotopic (exact) mass is 251 g/mol. The first-order chi connectivity index (χ1) is 8.63. The Morgan fingerprint density at radius 2 is 1.83 bits per heavy atom. The smallest absolute Gasteiger partial charge is 0.0628 e. The third kappa shape index (κ3) is 3.84. The van der Waals surface area contributed by atoms with Crippen molar-refractivity contribution in [1.29, 1.82) is 0 Å². The highest BCUT2D eigenvalue weighted by Gasteiger charge is 2.13. The average molecular weight is 251 g/mol. The van der Waals surface area contributed by atoms with Crippen LogP contribution in [0.25, 0.3) is 0 Å². The fourth-order valence-corrected chi connectivity index (χ4v) is 2.46. The summed E-state index contributed by atoms with van der Waals surface area (Å²) >= 11 is 0. The molecular formula is C15H29N3. The summed E-state index contributed by atoms with van der Waals surface area (Å²) in [6, 6.07) is 0. The molecule has 0 atom stereocenters. The molecule has 18 heavy (non-hydrogen) atoms. The van der Waals surface area contributed by atoms with Gasteiger partial charge in [-0.3, -0.25) is 4.68 Å². The van der Waals surface area contributed by atoms with Crippen molar-refractivity contribution < 1.29 is 0 Å². The van der Waals surface area contributed by atoms with E-state index in [9.17, 15) is 0 Å². The van der Waals surface area contributed by atoms with E-state index in [4.69, 9.17) is 5.10 Å². The van der Waals surface area contributed by atoms with E-state index in [1.807, 2.05) is 0 Å². The molecule has 1 aromatic rings. The highest BCUT2D eigenvalue weighted by molar-refractivity contribution is 5.24. The van der Waals surface area contributed by atoms with Crippen molar-refractivity contribution in [2.24, 2.45) is 5.92 Å². The van der Waals surface area contributed by atoms with Gasteiger partial charge in [0.15, 0.2) is 0 Å². The van der Waals surface area contributed by atoms with E-state index in [0.717, 1.165) is 32.0 Å². The van der Waals surface area contributed by atoms with E-state index < -0.39 is 0 Å². The molecule has 3 nitrogen and oxygen atoms in total. The van der Waals surface area contributed by atoms with Crippen LogP contribution in [0.4, 0.5) is 0 Å². The molecule has 0 amide bonds. The van der Waals surface area contributed by atoms with E-state index >= 15 is 0 Å². The summed E-state index contributed by atoms with van der Waals surface area (Å²) in [5.74, 6) is 0.754. The molecule has 3 heteroatoms. The Labute approximate surface area is 112 Å². The van der Waals surface area contributed by atoms with Gasteiger partial charge in [-0.1, -0.05) is 33.6 Å². The Hall–Kier alpha value is -0.830. The Morgan fingerprint density at radius 3 is 2.39 bits per heavy atom. The fourth-order valence-electron chi connectivity index (χ4n) is 2.46. The summed E-state index contributed by atoms with van der Waals surface area (Å²) in [5, 5.41) is 8.10. The second-order valence-electron chi connectivity index (χ2n) is 5.12. The predicted octanol–water partition coefficient (Wildman–Crippen LogP) is 3.09. The molecular weight excluding hydrogens is 222 g/mol. The normalized spacial score (nSPS) is 11.4. The van der Waals surface area contributed by atoms with Crippen molar-refractivity contribution in [2.45, 2.75) is 60.4 Å². The van der Waals surface area contributed by atoms with Crippen LogP contribution < -0.4 is 5.32 Å². The molecule has 0 unspecified atom stereocenters. The number of nitrogens with one attached hydrogen (secondary N) is 1. The summed E-state index contributed by atoms with van der Waals surface area (Å²) in [7, 11) is 0. The van der Waals surface area contributed by atoms with Gasteiger partial charge in [-0.05, 0) is 44.8 Å². The maximum Gasteiger partial charge on any atom is 0.0628 e. The Balaban J connectivity index is 2.73. The van der Waals surface area contributed by atoms with Gasteiger partial charge in [0, 0.05) is 12.2 Å². The zero-order valence-electron chi connectivity index (χ0n) is 12.7. The summed E-state index contributed by atoms with van der Waals surface area (Å²) in [6.07, 6.45) is 3.57. The Bertz CT molecular complexity index is 351. The van der Waals surface area contributed by atoms with Gasteiger partial charge < -0.3 is 5.32 Å². The Morgan fingerprint density at radius 1 is 1.17 bits per heavy atom. The second kappa shape index (κ2) is 7.57. The van der Waals surface area contributed by atoms with Gasteiger partial charge in [-0.15, -0.1) is 0 Å². The highest BCUT2D eigenvalue weighted by atomic mass is 15.3. The van der Waals surface area contributed by atoms with Crippen LogP contribution in [0.2, 0.25) is 0 Å². The molecule has 0 aliphatic rings. The van der Waals surface area contributed by atoms with E-state index in [2.05, 4.69) is 44.6 Å². The number of likely N-dealkylation sites (N-methyl/N-ethyl adjacent to an activating group) is 1. The molecule has 0 fully saturated rings. The van der Waals surface area contributed by atoms with Crippen molar-refractivity contribution in [3.05, 3.63) is 17.0 Å².